The Kier molecular flexibility index (Phi) is 4.02. The van der Waals surface area contributed by atoms with Gasteiger partial charge in [-0.05, 0) is 50.6 Å². The van der Waals surface area contributed by atoms with Crippen molar-refractivity contribution in [1.82, 2.24) is 19.9 Å². The highest BCUT2D eigenvalue weighted by molar-refractivity contribution is 5.81. The topological polar surface area (TPSA) is 56.9 Å². The molecule has 1 aliphatic heterocycles. The van der Waals surface area contributed by atoms with E-state index in [1.807, 2.05) is 12.3 Å². The van der Waals surface area contributed by atoms with E-state index in [9.17, 15) is 0 Å². The van der Waals surface area contributed by atoms with E-state index in [1.165, 1.54) is 29.4 Å². The zero-order valence-corrected chi connectivity index (χ0v) is 14.3. The van der Waals surface area contributed by atoms with Gasteiger partial charge in [0.25, 0.3) is 0 Å². The Morgan fingerprint density at radius 2 is 2.21 bits per heavy atom. The Hall–Kier alpha value is -2.27. The number of fused-ring (bicyclic) bond motifs is 1. The van der Waals surface area contributed by atoms with Gasteiger partial charge in [-0.25, -0.2) is 4.98 Å². The molecular weight excluding hydrogens is 300 g/mol. The summed E-state index contributed by atoms with van der Waals surface area (Å²) in [6, 6.07) is 8.40. The fourth-order valence-electron chi connectivity index (χ4n) is 3.69. The molecular formula is C19H24N4O. The minimum atomic E-state index is 0.511. The number of aromatic amines is 2. The van der Waals surface area contributed by atoms with Crippen molar-refractivity contribution in [3.63, 3.8) is 0 Å². The van der Waals surface area contributed by atoms with Crippen LogP contribution in [0.1, 0.15) is 36.0 Å². The fourth-order valence-corrected chi connectivity index (χ4v) is 3.69. The predicted octanol–water partition coefficient (Wildman–Crippen LogP) is 3.59. The Bertz CT molecular complexity index is 835. The maximum Gasteiger partial charge on any atom is 0.119 e. The molecule has 2 aromatic heterocycles. The first-order valence-corrected chi connectivity index (χ1v) is 8.61. The fraction of sp³-hybridized carbons (Fsp3) is 0.421. The van der Waals surface area contributed by atoms with Crippen molar-refractivity contribution in [3.05, 3.63) is 47.7 Å². The van der Waals surface area contributed by atoms with Crippen LogP contribution in [0.4, 0.5) is 0 Å². The quantitative estimate of drug-likeness (QED) is 0.771. The maximum atomic E-state index is 5.31. The van der Waals surface area contributed by atoms with Gasteiger partial charge >= 0.3 is 0 Å². The first-order valence-electron chi connectivity index (χ1n) is 8.61. The van der Waals surface area contributed by atoms with Crippen LogP contribution >= 0.6 is 0 Å². The van der Waals surface area contributed by atoms with Crippen molar-refractivity contribution in [2.45, 2.75) is 32.2 Å². The van der Waals surface area contributed by atoms with Crippen molar-refractivity contribution >= 4 is 10.9 Å². The Balaban J connectivity index is 1.48. The molecule has 2 N–H and O–H groups in total. The van der Waals surface area contributed by atoms with E-state index < -0.39 is 0 Å². The second-order valence-corrected chi connectivity index (χ2v) is 6.77. The van der Waals surface area contributed by atoms with Crippen LogP contribution in [0.2, 0.25) is 0 Å². The van der Waals surface area contributed by atoms with Crippen LogP contribution in [0.15, 0.2) is 30.5 Å². The average Bonchev–Trinajstić information content (AvgIpc) is 3.20. The summed E-state index contributed by atoms with van der Waals surface area (Å²) in [5.74, 6) is 2.55. The first kappa shape index (κ1) is 15.3. The number of aromatic nitrogens is 3. The molecule has 1 saturated heterocycles. The number of hydrogen-bond donors (Lipinski definition) is 2. The third-order valence-electron chi connectivity index (χ3n) is 4.89. The van der Waals surface area contributed by atoms with E-state index in [-0.39, 0.29) is 0 Å². The van der Waals surface area contributed by atoms with Gasteiger partial charge in [-0.2, -0.15) is 0 Å². The summed E-state index contributed by atoms with van der Waals surface area (Å²) in [5.41, 5.74) is 3.57. The molecule has 1 atom stereocenters. The average molecular weight is 324 g/mol. The second kappa shape index (κ2) is 6.32. The van der Waals surface area contributed by atoms with Gasteiger partial charge in [-0.3, -0.25) is 4.90 Å². The van der Waals surface area contributed by atoms with Gasteiger partial charge in [0, 0.05) is 47.5 Å². The predicted molar refractivity (Wildman–Crippen MR) is 95.4 cm³/mol. The number of nitrogens with one attached hydrogen (secondary N) is 2. The minimum absolute atomic E-state index is 0.511. The molecule has 0 spiro atoms. The number of nitrogens with zero attached hydrogens (tertiary/aromatic N) is 2. The van der Waals surface area contributed by atoms with Crippen molar-refractivity contribution in [2.24, 2.45) is 0 Å². The highest BCUT2D eigenvalue weighted by Crippen LogP contribution is 2.27. The van der Waals surface area contributed by atoms with E-state index in [4.69, 9.17) is 4.74 Å². The largest absolute Gasteiger partial charge is 0.497 e. The normalized spacial score (nSPS) is 19.0. The van der Waals surface area contributed by atoms with Gasteiger partial charge in [0.1, 0.15) is 11.6 Å². The Morgan fingerprint density at radius 3 is 3.00 bits per heavy atom. The van der Waals surface area contributed by atoms with Gasteiger partial charge in [0.15, 0.2) is 0 Å². The lowest BCUT2D eigenvalue weighted by Gasteiger charge is -2.31. The summed E-state index contributed by atoms with van der Waals surface area (Å²) in [4.78, 5) is 14.0. The maximum absolute atomic E-state index is 5.31. The summed E-state index contributed by atoms with van der Waals surface area (Å²) in [6.07, 6.45) is 4.37. The molecule has 0 aliphatic carbocycles. The van der Waals surface area contributed by atoms with Gasteiger partial charge in [-0.1, -0.05) is 0 Å². The van der Waals surface area contributed by atoms with E-state index in [2.05, 4.69) is 45.0 Å². The van der Waals surface area contributed by atoms with Crippen molar-refractivity contribution in [3.8, 4) is 5.75 Å². The van der Waals surface area contributed by atoms with Crippen molar-refractivity contribution < 1.29 is 4.74 Å². The zero-order chi connectivity index (χ0) is 16.5. The Labute approximate surface area is 142 Å². The minimum Gasteiger partial charge on any atom is -0.497 e. The first-order chi connectivity index (χ1) is 11.7. The lowest BCUT2D eigenvalue weighted by atomic mass is 9.97. The molecule has 0 saturated carbocycles. The second-order valence-electron chi connectivity index (χ2n) is 6.77. The van der Waals surface area contributed by atoms with Gasteiger partial charge in [0.05, 0.1) is 7.11 Å². The van der Waals surface area contributed by atoms with E-state index in [0.717, 1.165) is 36.9 Å². The van der Waals surface area contributed by atoms with Crippen LogP contribution in [0.5, 0.6) is 5.75 Å². The molecule has 0 amide bonds. The number of H-pyrrole nitrogens is 2. The summed E-state index contributed by atoms with van der Waals surface area (Å²) >= 11 is 0. The lowest BCUT2D eigenvalue weighted by Crippen LogP contribution is -2.34. The number of ether oxygens (including phenoxy) is 1. The molecule has 126 valence electrons. The molecule has 1 aliphatic rings. The van der Waals surface area contributed by atoms with Crippen LogP contribution in [0, 0.1) is 6.92 Å². The molecule has 3 heterocycles. The summed E-state index contributed by atoms with van der Waals surface area (Å²) < 4.78 is 5.31. The van der Waals surface area contributed by atoms with Crippen molar-refractivity contribution in [1.29, 1.82) is 0 Å². The smallest absolute Gasteiger partial charge is 0.119 e. The molecule has 24 heavy (non-hydrogen) atoms. The van der Waals surface area contributed by atoms with Crippen LogP contribution in [-0.4, -0.2) is 40.1 Å². The molecule has 4 rings (SSSR count). The molecule has 0 radical (unpaired) electrons. The summed E-state index contributed by atoms with van der Waals surface area (Å²) in [6.45, 7) is 5.23. The monoisotopic (exact) mass is 324 g/mol. The molecule has 1 aromatic carbocycles. The lowest BCUT2D eigenvalue weighted by molar-refractivity contribution is 0.195. The van der Waals surface area contributed by atoms with Gasteiger partial charge < -0.3 is 14.7 Å². The highest BCUT2D eigenvalue weighted by atomic mass is 16.5. The zero-order valence-electron chi connectivity index (χ0n) is 14.3. The molecule has 5 heteroatoms. The number of methoxy groups -OCH3 is 1. The third kappa shape index (κ3) is 3.04. The number of imidazole rings is 1. The number of piperidine rings is 1. The van der Waals surface area contributed by atoms with Crippen molar-refractivity contribution in [2.75, 3.05) is 20.2 Å². The molecule has 3 aromatic rings. The van der Waals surface area contributed by atoms with Crippen LogP contribution in [-0.2, 0) is 6.54 Å². The van der Waals surface area contributed by atoms with E-state index in [0.29, 0.717) is 5.92 Å². The number of likely N-dealkylation sites (tertiary alicyclic amines) is 1. The van der Waals surface area contributed by atoms with Crippen LogP contribution in [0.25, 0.3) is 10.9 Å². The third-order valence-corrected chi connectivity index (χ3v) is 4.89. The standard InChI is InChI=1S/C19H24N4O/c1-13-10-20-19(21-13)14-4-3-7-23(11-14)12-16-8-15-9-17(24-2)5-6-18(15)22-16/h5-6,8-10,14,22H,3-4,7,11-12H2,1-2H3,(H,20,21)/t14-/m0/s1. The molecule has 0 bridgehead atoms. The number of benzene rings is 1. The molecule has 1 fully saturated rings. The highest BCUT2D eigenvalue weighted by Gasteiger charge is 2.23. The van der Waals surface area contributed by atoms with Crippen LogP contribution in [0.3, 0.4) is 0 Å². The van der Waals surface area contributed by atoms with E-state index in [1.54, 1.807) is 7.11 Å². The summed E-state index contributed by atoms with van der Waals surface area (Å²) in [7, 11) is 1.71. The number of aryl methyl sites for hydroxylation is 1. The number of rotatable bonds is 4. The van der Waals surface area contributed by atoms with Crippen LogP contribution < -0.4 is 4.74 Å². The molecule has 0 unspecified atom stereocenters. The van der Waals surface area contributed by atoms with Gasteiger partial charge in [0.2, 0.25) is 0 Å². The Morgan fingerprint density at radius 1 is 1.29 bits per heavy atom. The summed E-state index contributed by atoms with van der Waals surface area (Å²) in [5, 5.41) is 1.21. The van der Waals surface area contributed by atoms with Gasteiger partial charge in [-0.15, -0.1) is 0 Å². The van der Waals surface area contributed by atoms with E-state index >= 15 is 0 Å². The number of hydrogen-bond acceptors (Lipinski definition) is 3. The molecule has 5 nitrogen and oxygen atoms in total. The SMILES string of the molecule is COc1ccc2[nH]c(CN3CCC[C@H](c4ncc(C)[nH]4)C3)cc2c1.